The zero-order valence-corrected chi connectivity index (χ0v) is 23.5. The van der Waals surface area contributed by atoms with Crippen molar-refractivity contribution in [1.82, 2.24) is 30.5 Å². The Balaban J connectivity index is 1.18. The molecular weight excluding hydrogens is 570 g/mol. The minimum Gasteiger partial charge on any atom is -0.482 e. The number of nitrogens with one attached hydrogen (secondary N) is 4. The highest BCUT2D eigenvalue weighted by atomic mass is 16.5. The molecule has 0 fully saturated rings. The third-order valence-electron chi connectivity index (χ3n) is 7.60. The standard InChI is InChI=1S/C30H27N7O7/c1-15-17-5-6-20(19(17)4-3-18(15)28(41)32-13-27(39)40)36-30(43)23-11-22(34-25-8-9-33-37(23)25)29(42)31-12-16-2-7-24-21(10-16)35-26(38)14-44-24/h2-4,7-11,20H,5-6,12-14H2,1H3,(H,31,42)(H,32,41)(H,35,38)(H,36,43)(H,39,40)/t20-/m0/s1. The Labute approximate surface area is 249 Å². The second kappa shape index (κ2) is 11.5. The Morgan fingerprint density at radius 2 is 1.91 bits per heavy atom. The molecule has 14 nitrogen and oxygen atoms in total. The molecule has 44 heavy (non-hydrogen) atoms. The lowest BCUT2D eigenvalue weighted by Crippen LogP contribution is -2.31. The first kappa shape index (κ1) is 28.3. The van der Waals surface area contributed by atoms with Gasteiger partial charge in [0.2, 0.25) is 0 Å². The third-order valence-corrected chi connectivity index (χ3v) is 7.60. The van der Waals surface area contributed by atoms with Gasteiger partial charge < -0.3 is 31.1 Å². The maximum atomic E-state index is 13.6. The second-order valence-corrected chi connectivity index (χ2v) is 10.4. The molecule has 0 bridgehead atoms. The van der Waals surface area contributed by atoms with E-state index >= 15 is 0 Å². The van der Waals surface area contributed by atoms with Crippen molar-refractivity contribution in [1.29, 1.82) is 0 Å². The number of fused-ring (bicyclic) bond motifs is 3. The van der Waals surface area contributed by atoms with Crippen molar-refractivity contribution in [2.45, 2.75) is 32.4 Å². The molecule has 1 aliphatic heterocycles. The Morgan fingerprint density at radius 1 is 1.07 bits per heavy atom. The molecule has 2 aliphatic rings. The quantitative estimate of drug-likeness (QED) is 0.200. The largest absolute Gasteiger partial charge is 0.482 e. The number of carbonyl (C=O) groups is 5. The molecule has 2 aromatic heterocycles. The molecule has 3 heterocycles. The lowest BCUT2D eigenvalue weighted by atomic mass is 9.97. The van der Waals surface area contributed by atoms with Crippen molar-refractivity contribution >= 4 is 40.9 Å². The van der Waals surface area contributed by atoms with E-state index in [1.54, 1.807) is 43.3 Å². The molecule has 5 N–H and O–H groups in total. The van der Waals surface area contributed by atoms with E-state index in [0.29, 0.717) is 35.5 Å². The number of benzene rings is 2. The summed E-state index contributed by atoms with van der Waals surface area (Å²) in [7, 11) is 0. The van der Waals surface area contributed by atoms with Crippen molar-refractivity contribution in [2.24, 2.45) is 0 Å². The van der Waals surface area contributed by atoms with Crippen molar-refractivity contribution in [3.8, 4) is 5.75 Å². The number of carboxylic acids is 1. The minimum absolute atomic E-state index is 0.0254. The highest BCUT2D eigenvalue weighted by Gasteiger charge is 2.29. The van der Waals surface area contributed by atoms with Gasteiger partial charge in [-0.1, -0.05) is 12.1 Å². The van der Waals surface area contributed by atoms with Crippen LogP contribution in [0.3, 0.4) is 0 Å². The first-order valence-electron chi connectivity index (χ1n) is 13.8. The van der Waals surface area contributed by atoms with Gasteiger partial charge in [-0.3, -0.25) is 24.0 Å². The molecule has 2 aromatic carbocycles. The van der Waals surface area contributed by atoms with Gasteiger partial charge in [0.1, 0.15) is 23.7 Å². The van der Waals surface area contributed by atoms with Gasteiger partial charge in [0.05, 0.1) is 17.9 Å². The maximum Gasteiger partial charge on any atom is 0.322 e. The summed E-state index contributed by atoms with van der Waals surface area (Å²) in [6, 6.07) is 11.2. The van der Waals surface area contributed by atoms with E-state index in [4.69, 9.17) is 9.84 Å². The molecule has 0 saturated carbocycles. The Kier molecular flexibility index (Phi) is 7.39. The molecule has 6 rings (SSSR count). The van der Waals surface area contributed by atoms with E-state index in [2.05, 4.69) is 31.3 Å². The van der Waals surface area contributed by atoms with Gasteiger partial charge in [0, 0.05) is 24.2 Å². The number of nitrogens with zero attached hydrogens (tertiary/aromatic N) is 3. The summed E-state index contributed by atoms with van der Waals surface area (Å²) in [5.41, 5.74) is 4.60. The lowest BCUT2D eigenvalue weighted by Gasteiger charge is -2.18. The summed E-state index contributed by atoms with van der Waals surface area (Å²) in [6.07, 6.45) is 2.69. The van der Waals surface area contributed by atoms with E-state index in [0.717, 1.165) is 22.3 Å². The summed E-state index contributed by atoms with van der Waals surface area (Å²) in [6.45, 7) is 1.41. The topological polar surface area (TPSA) is 193 Å². The van der Waals surface area contributed by atoms with E-state index in [1.807, 2.05) is 0 Å². The SMILES string of the molecule is Cc1c(C(=O)NCC(=O)O)ccc2c1CC[C@@H]2NC(=O)c1cc(C(=O)NCc2ccc3c(c2)NC(=O)CO3)nc2ccnn12. The summed E-state index contributed by atoms with van der Waals surface area (Å²) >= 11 is 0. The first-order chi connectivity index (χ1) is 21.2. The number of carbonyl (C=O) groups excluding carboxylic acids is 4. The number of hydrogen-bond donors (Lipinski definition) is 5. The van der Waals surface area contributed by atoms with Gasteiger partial charge >= 0.3 is 5.97 Å². The monoisotopic (exact) mass is 597 g/mol. The molecule has 14 heteroatoms. The van der Waals surface area contributed by atoms with Crippen molar-refractivity contribution < 1.29 is 33.8 Å². The molecule has 4 aromatic rings. The zero-order chi connectivity index (χ0) is 31.0. The van der Waals surface area contributed by atoms with Crippen LogP contribution < -0.4 is 26.0 Å². The van der Waals surface area contributed by atoms with Gasteiger partial charge in [-0.15, -0.1) is 0 Å². The number of hydrogen-bond acceptors (Lipinski definition) is 8. The van der Waals surface area contributed by atoms with E-state index in [1.165, 1.54) is 16.8 Å². The van der Waals surface area contributed by atoms with Crippen molar-refractivity contribution in [3.63, 3.8) is 0 Å². The number of amides is 4. The van der Waals surface area contributed by atoms with Crippen LogP contribution in [0.4, 0.5) is 5.69 Å². The van der Waals surface area contributed by atoms with Crippen LogP contribution in [-0.2, 0) is 22.6 Å². The lowest BCUT2D eigenvalue weighted by molar-refractivity contribution is -0.135. The fourth-order valence-corrected chi connectivity index (χ4v) is 5.46. The average Bonchev–Trinajstić information content (AvgIpc) is 3.65. The Hall–Kier alpha value is -5.79. The molecule has 4 amide bonds. The van der Waals surface area contributed by atoms with Crippen LogP contribution >= 0.6 is 0 Å². The molecule has 0 spiro atoms. The van der Waals surface area contributed by atoms with Crippen LogP contribution in [0.25, 0.3) is 5.65 Å². The molecule has 224 valence electrons. The smallest absolute Gasteiger partial charge is 0.322 e. The number of rotatable bonds is 8. The van der Waals surface area contributed by atoms with E-state index in [9.17, 15) is 24.0 Å². The van der Waals surface area contributed by atoms with Crippen LogP contribution in [0.5, 0.6) is 5.75 Å². The summed E-state index contributed by atoms with van der Waals surface area (Å²) < 4.78 is 6.72. The summed E-state index contributed by atoms with van der Waals surface area (Å²) in [4.78, 5) is 66.0. The number of aromatic nitrogens is 3. The predicted molar refractivity (Wildman–Crippen MR) is 154 cm³/mol. The maximum absolute atomic E-state index is 13.6. The van der Waals surface area contributed by atoms with E-state index < -0.39 is 30.2 Å². The van der Waals surface area contributed by atoms with Crippen molar-refractivity contribution in [3.05, 3.63) is 87.9 Å². The van der Waals surface area contributed by atoms with Crippen LogP contribution in [0, 0.1) is 6.92 Å². The van der Waals surface area contributed by atoms with Crippen LogP contribution in [0.1, 0.15) is 66.1 Å². The van der Waals surface area contributed by atoms with Gasteiger partial charge in [-0.05, 0) is 60.2 Å². The molecule has 0 saturated heterocycles. The number of anilines is 1. The molecule has 0 radical (unpaired) electrons. The summed E-state index contributed by atoms with van der Waals surface area (Å²) in [5.74, 6) is -2.29. The van der Waals surface area contributed by atoms with Crippen molar-refractivity contribution in [2.75, 3.05) is 18.5 Å². The van der Waals surface area contributed by atoms with Gasteiger partial charge in [0.25, 0.3) is 23.6 Å². The van der Waals surface area contributed by atoms with Gasteiger partial charge in [-0.25, -0.2) is 9.50 Å². The van der Waals surface area contributed by atoms with E-state index in [-0.39, 0.29) is 36.5 Å². The Morgan fingerprint density at radius 3 is 2.73 bits per heavy atom. The average molecular weight is 598 g/mol. The van der Waals surface area contributed by atoms with Gasteiger partial charge in [-0.2, -0.15) is 5.10 Å². The molecular formula is C30H27N7O7. The normalized spacial score (nSPS) is 15.0. The van der Waals surface area contributed by atoms with Crippen LogP contribution in [0.15, 0.2) is 48.7 Å². The highest BCUT2D eigenvalue weighted by molar-refractivity contribution is 5.99. The number of ether oxygens (including phenoxy) is 1. The molecule has 1 atom stereocenters. The molecule has 0 unspecified atom stereocenters. The minimum atomic E-state index is -1.13. The number of aliphatic carboxylic acids is 1. The third kappa shape index (κ3) is 5.52. The first-order valence-corrected chi connectivity index (χ1v) is 13.8. The highest BCUT2D eigenvalue weighted by Crippen LogP contribution is 2.35. The summed E-state index contributed by atoms with van der Waals surface area (Å²) in [5, 5.41) is 24.0. The van der Waals surface area contributed by atoms with Crippen LogP contribution in [-0.4, -0.2) is 62.5 Å². The fourth-order valence-electron chi connectivity index (χ4n) is 5.46. The predicted octanol–water partition coefficient (Wildman–Crippen LogP) is 1.53. The Bertz CT molecular complexity index is 1870. The zero-order valence-electron chi connectivity index (χ0n) is 23.5. The second-order valence-electron chi connectivity index (χ2n) is 10.4. The number of carboxylic acid groups (broad SMARTS) is 1. The fraction of sp³-hybridized carbons (Fsp3) is 0.233. The van der Waals surface area contributed by atoms with Gasteiger partial charge in [0.15, 0.2) is 12.3 Å². The molecule has 1 aliphatic carbocycles. The van der Waals surface area contributed by atoms with Crippen LogP contribution in [0.2, 0.25) is 0 Å².